The van der Waals surface area contributed by atoms with Crippen LogP contribution < -0.4 is 9.21 Å². The zero-order valence-electron chi connectivity index (χ0n) is 12.2. The van der Waals surface area contributed by atoms with Gasteiger partial charge < -0.3 is 4.90 Å². The molecule has 0 bridgehead atoms. The average Bonchev–Trinajstić information content (AvgIpc) is 3.14. The van der Waals surface area contributed by atoms with Crippen LogP contribution >= 0.6 is 11.3 Å². The summed E-state index contributed by atoms with van der Waals surface area (Å²) >= 11 is 1.27. The summed E-state index contributed by atoms with van der Waals surface area (Å²) in [6.45, 7) is 2.10. The molecule has 3 rings (SSSR count). The Balaban J connectivity index is 1.98. The van der Waals surface area contributed by atoms with E-state index in [0.29, 0.717) is 18.1 Å². The van der Waals surface area contributed by atoms with Crippen LogP contribution in [0.3, 0.4) is 0 Å². The van der Waals surface area contributed by atoms with Crippen molar-refractivity contribution in [2.24, 2.45) is 0 Å². The molecule has 1 aromatic heterocycles. The summed E-state index contributed by atoms with van der Waals surface area (Å²) in [5.41, 5.74) is 1.67. The van der Waals surface area contributed by atoms with Crippen molar-refractivity contribution in [1.29, 1.82) is 0 Å². The largest absolute Gasteiger partial charge is 0.312 e. The molecule has 2 heterocycles. The Hall–Kier alpha value is -1.93. The summed E-state index contributed by atoms with van der Waals surface area (Å²) in [5.74, 6) is -0.0331. The first kappa shape index (κ1) is 15.0. The fraction of sp³-hybridized carbons (Fsp3) is 0.286. The Morgan fingerprint density at radius 1 is 1.41 bits per heavy atom. The van der Waals surface area contributed by atoms with Crippen molar-refractivity contribution >= 4 is 38.1 Å². The van der Waals surface area contributed by atoms with Crippen LogP contribution in [0.5, 0.6) is 0 Å². The van der Waals surface area contributed by atoms with Gasteiger partial charge in [0.2, 0.25) is 5.91 Å². The van der Waals surface area contributed by atoms with E-state index < -0.39 is 10.0 Å². The van der Waals surface area contributed by atoms with Crippen LogP contribution in [0.2, 0.25) is 0 Å². The fourth-order valence-electron chi connectivity index (χ4n) is 2.50. The summed E-state index contributed by atoms with van der Waals surface area (Å²) in [6.07, 6.45) is 2.23. The van der Waals surface area contributed by atoms with Crippen LogP contribution in [-0.2, 0) is 21.2 Å². The van der Waals surface area contributed by atoms with Gasteiger partial charge in [0.15, 0.2) is 5.13 Å². The number of sulfonamides is 1. The molecule has 1 aliphatic rings. The summed E-state index contributed by atoms with van der Waals surface area (Å²) in [5, 5.41) is 2.15. The van der Waals surface area contributed by atoms with Crippen LogP contribution in [-0.4, -0.2) is 32.9 Å². The first-order valence-corrected chi connectivity index (χ1v) is 9.02. The molecule has 0 N–H and O–H groups in total. The maximum Gasteiger partial charge on any atom is 0.265 e. The van der Waals surface area contributed by atoms with Gasteiger partial charge in [0.1, 0.15) is 0 Å². The first-order valence-electron chi connectivity index (χ1n) is 6.70. The highest BCUT2D eigenvalue weighted by atomic mass is 32.2. The molecular formula is C14H15N3O3S2. The summed E-state index contributed by atoms with van der Waals surface area (Å²) in [7, 11) is -2.15. The zero-order valence-corrected chi connectivity index (χ0v) is 13.8. The van der Waals surface area contributed by atoms with Crippen LogP contribution in [0.15, 0.2) is 34.7 Å². The zero-order chi connectivity index (χ0) is 15.9. The molecule has 116 valence electrons. The Labute approximate surface area is 133 Å². The molecule has 1 aliphatic heterocycles. The van der Waals surface area contributed by atoms with Crippen molar-refractivity contribution in [3.63, 3.8) is 0 Å². The number of rotatable bonds is 3. The first-order chi connectivity index (χ1) is 10.4. The molecule has 0 radical (unpaired) electrons. The predicted octanol–water partition coefficient (Wildman–Crippen LogP) is 1.88. The smallest absolute Gasteiger partial charge is 0.265 e. The van der Waals surface area contributed by atoms with Crippen molar-refractivity contribution < 1.29 is 13.2 Å². The van der Waals surface area contributed by atoms with Crippen molar-refractivity contribution in [1.82, 2.24) is 4.98 Å². The third-order valence-corrected chi connectivity index (χ3v) is 6.38. The number of aromatic nitrogens is 1. The predicted molar refractivity (Wildman–Crippen MR) is 85.9 cm³/mol. The van der Waals surface area contributed by atoms with E-state index >= 15 is 0 Å². The molecule has 0 unspecified atom stereocenters. The quantitative estimate of drug-likeness (QED) is 0.857. The lowest BCUT2D eigenvalue weighted by Gasteiger charge is -2.18. The third-order valence-electron chi connectivity index (χ3n) is 3.67. The second-order valence-corrected chi connectivity index (χ2v) is 7.84. The minimum atomic E-state index is -3.64. The molecule has 22 heavy (non-hydrogen) atoms. The molecule has 0 saturated heterocycles. The molecule has 0 atom stereocenters. The van der Waals surface area contributed by atoms with Gasteiger partial charge >= 0.3 is 0 Å². The lowest BCUT2D eigenvalue weighted by Crippen LogP contribution is -2.27. The molecule has 2 aromatic rings. The van der Waals surface area contributed by atoms with Crippen molar-refractivity contribution in [3.05, 3.63) is 35.3 Å². The van der Waals surface area contributed by atoms with Crippen molar-refractivity contribution in [3.8, 4) is 0 Å². The van der Waals surface area contributed by atoms with Gasteiger partial charge in [-0.25, -0.2) is 17.7 Å². The third kappa shape index (κ3) is 2.38. The highest BCUT2D eigenvalue weighted by Crippen LogP contribution is 2.32. The topological polar surface area (TPSA) is 70.6 Å². The Kier molecular flexibility index (Phi) is 3.65. The summed E-state index contributed by atoms with van der Waals surface area (Å²) in [4.78, 5) is 17.5. The highest BCUT2D eigenvalue weighted by Gasteiger charge is 2.27. The van der Waals surface area contributed by atoms with Gasteiger partial charge in [-0.2, -0.15) is 0 Å². The van der Waals surface area contributed by atoms with Gasteiger partial charge in [0.25, 0.3) is 10.0 Å². The number of fused-ring (bicyclic) bond motifs is 1. The molecule has 8 heteroatoms. The molecule has 0 aliphatic carbocycles. The normalized spacial score (nSPS) is 14.0. The molecule has 1 aromatic carbocycles. The number of hydrogen-bond donors (Lipinski definition) is 0. The van der Waals surface area contributed by atoms with E-state index in [9.17, 15) is 13.2 Å². The Morgan fingerprint density at radius 3 is 2.82 bits per heavy atom. The minimum absolute atomic E-state index is 0.0331. The number of hydrogen-bond acceptors (Lipinski definition) is 5. The lowest BCUT2D eigenvalue weighted by atomic mass is 10.2. The standard InChI is InChI=1S/C14H15N3O3S2/c1-10(18)17-7-5-11-9-12(3-4-13(11)17)22(19,20)16(2)14-15-6-8-21-14/h3-4,6,8-9H,5,7H2,1-2H3. The number of benzene rings is 1. The van der Waals surface area contributed by atoms with E-state index in [4.69, 9.17) is 0 Å². The van der Waals surface area contributed by atoms with Crippen LogP contribution in [0, 0.1) is 0 Å². The maximum atomic E-state index is 12.7. The Bertz CT molecular complexity index is 816. The summed E-state index contributed by atoms with van der Waals surface area (Å²) < 4.78 is 26.5. The fourth-order valence-corrected chi connectivity index (χ4v) is 4.54. The minimum Gasteiger partial charge on any atom is -0.312 e. The van der Waals surface area contributed by atoms with E-state index in [2.05, 4.69) is 4.98 Å². The number of carbonyl (C=O) groups is 1. The van der Waals surface area contributed by atoms with Crippen LogP contribution in [0.4, 0.5) is 10.8 Å². The average molecular weight is 337 g/mol. The van der Waals surface area contributed by atoms with Gasteiger partial charge in [-0.05, 0) is 30.2 Å². The molecule has 0 saturated carbocycles. The second-order valence-electron chi connectivity index (χ2n) is 5.00. The van der Waals surface area contributed by atoms with E-state index in [0.717, 1.165) is 11.3 Å². The Morgan fingerprint density at radius 2 is 2.18 bits per heavy atom. The van der Waals surface area contributed by atoms with Crippen LogP contribution in [0.25, 0.3) is 0 Å². The van der Waals surface area contributed by atoms with Crippen molar-refractivity contribution in [2.75, 3.05) is 22.8 Å². The van der Waals surface area contributed by atoms with Gasteiger partial charge in [-0.1, -0.05) is 0 Å². The number of amides is 1. The number of carbonyl (C=O) groups excluding carboxylic acids is 1. The number of thiazole rings is 1. The molecule has 6 nitrogen and oxygen atoms in total. The van der Waals surface area contributed by atoms with Crippen molar-refractivity contribution in [2.45, 2.75) is 18.2 Å². The monoisotopic (exact) mass is 337 g/mol. The van der Waals surface area contributed by atoms with E-state index in [1.54, 1.807) is 34.7 Å². The van der Waals surface area contributed by atoms with Gasteiger partial charge in [0.05, 0.1) is 4.90 Å². The molecule has 0 fully saturated rings. The van der Waals surface area contributed by atoms with E-state index in [1.165, 1.54) is 29.6 Å². The number of nitrogens with zero attached hydrogens (tertiary/aromatic N) is 3. The molecule has 1 amide bonds. The van der Waals surface area contributed by atoms with E-state index in [-0.39, 0.29) is 10.8 Å². The van der Waals surface area contributed by atoms with E-state index in [1.807, 2.05) is 0 Å². The SMILES string of the molecule is CC(=O)N1CCc2cc(S(=O)(=O)N(C)c3nccs3)ccc21. The maximum absolute atomic E-state index is 12.7. The molecule has 0 spiro atoms. The summed E-state index contributed by atoms with van der Waals surface area (Å²) in [6, 6.07) is 4.89. The van der Waals surface area contributed by atoms with Gasteiger partial charge in [-0.15, -0.1) is 11.3 Å². The lowest BCUT2D eigenvalue weighted by molar-refractivity contribution is -0.116. The molecular weight excluding hydrogens is 322 g/mol. The van der Waals surface area contributed by atoms with Gasteiger partial charge in [0, 0.05) is 37.8 Å². The highest BCUT2D eigenvalue weighted by molar-refractivity contribution is 7.93. The van der Waals surface area contributed by atoms with Gasteiger partial charge in [-0.3, -0.25) is 4.79 Å². The van der Waals surface area contributed by atoms with Crippen LogP contribution in [0.1, 0.15) is 12.5 Å². The second kappa shape index (κ2) is 5.36. The number of anilines is 2.